The molecular weight excluding hydrogens is 190 g/mol. The van der Waals surface area contributed by atoms with Crippen molar-refractivity contribution in [2.75, 3.05) is 17.2 Å². The molecule has 1 atom stereocenters. The molecule has 0 saturated carbocycles. The molecule has 0 bridgehead atoms. The highest BCUT2D eigenvalue weighted by atomic mass is 16.1. The van der Waals surface area contributed by atoms with E-state index in [0.717, 1.165) is 24.2 Å². The molecular formula is C11H15N3O. The van der Waals surface area contributed by atoms with E-state index in [1.54, 1.807) is 0 Å². The van der Waals surface area contributed by atoms with Crippen LogP contribution in [0, 0.1) is 6.92 Å². The fraction of sp³-hybridized carbons (Fsp3) is 0.364. The molecule has 1 saturated heterocycles. The van der Waals surface area contributed by atoms with Crippen molar-refractivity contribution in [2.45, 2.75) is 19.4 Å². The second kappa shape index (κ2) is 3.46. The summed E-state index contributed by atoms with van der Waals surface area (Å²) in [6.45, 7) is 2.84. The Bertz CT molecular complexity index is 403. The van der Waals surface area contributed by atoms with Gasteiger partial charge in [-0.2, -0.15) is 0 Å². The third-order valence-corrected chi connectivity index (χ3v) is 2.84. The molecule has 2 rings (SSSR count). The first-order valence-electron chi connectivity index (χ1n) is 5.01. The van der Waals surface area contributed by atoms with Crippen molar-refractivity contribution in [1.29, 1.82) is 0 Å². The lowest BCUT2D eigenvalue weighted by Crippen LogP contribution is -2.55. The highest BCUT2D eigenvalue weighted by Crippen LogP contribution is 2.31. The maximum atomic E-state index is 11.1. The lowest BCUT2D eigenvalue weighted by molar-refractivity contribution is -0.120. The van der Waals surface area contributed by atoms with Crippen LogP contribution in [-0.2, 0) is 4.79 Å². The SMILES string of the molecule is Cc1ccc(N2CCC2C(N)=O)c(N)c1. The lowest BCUT2D eigenvalue weighted by atomic mass is 10.00. The van der Waals surface area contributed by atoms with E-state index in [2.05, 4.69) is 0 Å². The van der Waals surface area contributed by atoms with Crippen LogP contribution in [0.5, 0.6) is 0 Å². The Hall–Kier alpha value is -1.71. The van der Waals surface area contributed by atoms with Crippen LogP contribution in [0.25, 0.3) is 0 Å². The molecule has 1 aliphatic heterocycles. The number of hydrogen-bond acceptors (Lipinski definition) is 3. The number of benzene rings is 1. The van der Waals surface area contributed by atoms with Gasteiger partial charge in [0.2, 0.25) is 5.91 Å². The minimum atomic E-state index is -0.277. The van der Waals surface area contributed by atoms with Crippen molar-refractivity contribution in [3.05, 3.63) is 23.8 Å². The van der Waals surface area contributed by atoms with Crippen LogP contribution < -0.4 is 16.4 Å². The molecule has 1 amide bonds. The molecule has 4 N–H and O–H groups in total. The summed E-state index contributed by atoms with van der Waals surface area (Å²) < 4.78 is 0. The topological polar surface area (TPSA) is 72.3 Å². The quantitative estimate of drug-likeness (QED) is 0.696. The van der Waals surface area contributed by atoms with Crippen molar-refractivity contribution < 1.29 is 4.79 Å². The van der Waals surface area contributed by atoms with Crippen LogP contribution in [0.1, 0.15) is 12.0 Å². The van der Waals surface area contributed by atoms with Crippen LogP contribution >= 0.6 is 0 Å². The molecule has 1 heterocycles. The van der Waals surface area contributed by atoms with Crippen molar-refractivity contribution in [3.8, 4) is 0 Å². The number of anilines is 2. The number of carbonyl (C=O) groups is 1. The van der Waals surface area contributed by atoms with Gasteiger partial charge in [0.25, 0.3) is 0 Å². The van der Waals surface area contributed by atoms with Gasteiger partial charge in [-0.3, -0.25) is 4.79 Å². The van der Waals surface area contributed by atoms with E-state index in [9.17, 15) is 4.79 Å². The Morgan fingerprint density at radius 1 is 1.53 bits per heavy atom. The summed E-state index contributed by atoms with van der Waals surface area (Å²) in [7, 11) is 0. The molecule has 0 aliphatic carbocycles. The van der Waals surface area contributed by atoms with Crippen LogP contribution in [-0.4, -0.2) is 18.5 Å². The zero-order chi connectivity index (χ0) is 11.0. The number of rotatable bonds is 2. The Balaban J connectivity index is 2.27. The number of nitrogen functional groups attached to an aromatic ring is 1. The average molecular weight is 205 g/mol. The largest absolute Gasteiger partial charge is 0.397 e. The Morgan fingerprint density at radius 2 is 2.27 bits per heavy atom. The van der Waals surface area contributed by atoms with Gasteiger partial charge in [-0.15, -0.1) is 0 Å². The molecule has 1 aromatic rings. The molecule has 80 valence electrons. The number of hydrogen-bond donors (Lipinski definition) is 2. The lowest BCUT2D eigenvalue weighted by Gasteiger charge is -2.41. The summed E-state index contributed by atoms with van der Waals surface area (Å²) in [4.78, 5) is 13.0. The van der Waals surface area contributed by atoms with Crippen LogP contribution in [0.4, 0.5) is 11.4 Å². The Morgan fingerprint density at radius 3 is 2.73 bits per heavy atom. The predicted molar refractivity (Wildman–Crippen MR) is 60.5 cm³/mol. The van der Waals surface area contributed by atoms with E-state index in [-0.39, 0.29) is 11.9 Å². The van der Waals surface area contributed by atoms with Gasteiger partial charge in [0.15, 0.2) is 0 Å². The Labute approximate surface area is 88.9 Å². The average Bonchev–Trinajstić information content (AvgIpc) is 2.06. The first kappa shape index (κ1) is 9.83. The molecule has 4 nitrogen and oxygen atoms in total. The summed E-state index contributed by atoms with van der Waals surface area (Å²) in [5.74, 6) is -0.277. The molecule has 1 aromatic carbocycles. The highest BCUT2D eigenvalue weighted by Gasteiger charge is 2.33. The molecule has 0 radical (unpaired) electrons. The van der Waals surface area contributed by atoms with Crippen LogP contribution in [0.15, 0.2) is 18.2 Å². The summed E-state index contributed by atoms with van der Waals surface area (Å²) in [5, 5.41) is 0. The number of carbonyl (C=O) groups excluding carboxylic acids is 1. The van der Waals surface area contributed by atoms with Crippen LogP contribution in [0.3, 0.4) is 0 Å². The fourth-order valence-corrected chi connectivity index (χ4v) is 1.91. The Kier molecular flexibility index (Phi) is 2.26. The number of amides is 1. The molecule has 15 heavy (non-hydrogen) atoms. The third-order valence-electron chi connectivity index (χ3n) is 2.84. The van der Waals surface area contributed by atoms with E-state index >= 15 is 0 Å². The first-order valence-corrected chi connectivity index (χ1v) is 5.01. The summed E-state index contributed by atoms with van der Waals surface area (Å²) >= 11 is 0. The van der Waals surface area contributed by atoms with E-state index in [1.807, 2.05) is 30.0 Å². The highest BCUT2D eigenvalue weighted by molar-refractivity contribution is 5.87. The normalized spacial score (nSPS) is 19.8. The van der Waals surface area contributed by atoms with Crippen molar-refractivity contribution >= 4 is 17.3 Å². The summed E-state index contributed by atoms with van der Waals surface area (Å²) in [6, 6.07) is 5.66. The molecule has 1 unspecified atom stereocenters. The van der Waals surface area contributed by atoms with Gasteiger partial charge < -0.3 is 16.4 Å². The number of nitrogens with two attached hydrogens (primary N) is 2. The molecule has 0 aromatic heterocycles. The van der Waals surface area contributed by atoms with Gasteiger partial charge in [-0.05, 0) is 31.0 Å². The maximum absolute atomic E-state index is 11.1. The minimum Gasteiger partial charge on any atom is -0.397 e. The van der Waals surface area contributed by atoms with Gasteiger partial charge >= 0.3 is 0 Å². The second-order valence-electron chi connectivity index (χ2n) is 3.96. The molecule has 0 spiro atoms. The predicted octanol–water partition coefficient (Wildman–Crippen LogP) is 0.641. The van der Waals surface area contributed by atoms with E-state index in [0.29, 0.717) is 5.69 Å². The summed E-state index contributed by atoms with van der Waals surface area (Å²) in [5.41, 5.74) is 13.9. The smallest absolute Gasteiger partial charge is 0.240 e. The monoisotopic (exact) mass is 205 g/mol. The van der Waals surface area contributed by atoms with Gasteiger partial charge in [0, 0.05) is 6.54 Å². The van der Waals surface area contributed by atoms with Gasteiger partial charge in [0.05, 0.1) is 11.4 Å². The second-order valence-corrected chi connectivity index (χ2v) is 3.96. The van der Waals surface area contributed by atoms with Crippen molar-refractivity contribution in [1.82, 2.24) is 0 Å². The van der Waals surface area contributed by atoms with Crippen LogP contribution in [0.2, 0.25) is 0 Å². The fourth-order valence-electron chi connectivity index (χ4n) is 1.91. The van der Waals surface area contributed by atoms with Crippen molar-refractivity contribution in [3.63, 3.8) is 0 Å². The first-order chi connectivity index (χ1) is 7.09. The van der Waals surface area contributed by atoms with E-state index in [1.165, 1.54) is 0 Å². The minimum absolute atomic E-state index is 0.185. The third kappa shape index (κ3) is 1.63. The number of primary amides is 1. The van der Waals surface area contributed by atoms with Crippen molar-refractivity contribution in [2.24, 2.45) is 5.73 Å². The molecule has 1 fully saturated rings. The number of nitrogens with zero attached hydrogens (tertiary/aromatic N) is 1. The standard InChI is InChI=1S/C11H15N3O/c1-7-2-3-9(8(12)6-7)14-5-4-10(14)11(13)15/h2-3,6,10H,4-5,12H2,1H3,(H2,13,15). The van der Waals surface area contributed by atoms with E-state index in [4.69, 9.17) is 11.5 Å². The van der Waals surface area contributed by atoms with Gasteiger partial charge in [-0.25, -0.2) is 0 Å². The zero-order valence-electron chi connectivity index (χ0n) is 8.73. The molecule has 1 aliphatic rings. The summed E-state index contributed by atoms with van der Waals surface area (Å²) in [6.07, 6.45) is 0.822. The molecule has 4 heteroatoms. The van der Waals surface area contributed by atoms with Gasteiger partial charge in [0.1, 0.15) is 6.04 Å². The number of aryl methyl sites for hydroxylation is 1. The van der Waals surface area contributed by atoms with E-state index < -0.39 is 0 Å². The zero-order valence-corrected chi connectivity index (χ0v) is 8.73. The van der Waals surface area contributed by atoms with Gasteiger partial charge in [-0.1, -0.05) is 6.07 Å². The maximum Gasteiger partial charge on any atom is 0.240 e.